The number of rotatable bonds is 4. The topological polar surface area (TPSA) is 35.8 Å². The summed E-state index contributed by atoms with van der Waals surface area (Å²) >= 11 is 1.74. The Morgan fingerprint density at radius 1 is 1.44 bits per heavy atom. The second kappa shape index (κ2) is 6.15. The lowest BCUT2D eigenvalue weighted by Gasteiger charge is -2.16. The van der Waals surface area contributed by atoms with Crippen molar-refractivity contribution in [1.82, 2.24) is 0 Å². The van der Waals surface area contributed by atoms with Gasteiger partial charge in [0.15, 0.2) is 0 Å². The van der Waals surface area contributed by atoms with Gasteiger partial charge in [-0.1, -0.05) is 19.9 Å². The summed E-state index contributed by atoms with van der Waals surface area (Å²) in [5.41, 5.74) is 1.82. The van der Waals surface area contributed by atoms with Gasteiger partial charge in [-0.15, -0.1) is 11.8 Å². The first-order valence-corrected chi connectivity index (χ1v) is 7.65. The van der Waals surface area contributed by atoms with Crippen LogP contribution < -0.4 is 5.32 Å². The molecule has 2 nitrogen and oxygen atoms in total. The van der Waals surface area contributed by atoms with Crippen LogP contribution in [-0.2, 0) is 0 Å². The highest BCUT2D eigenvalue weighted by Gasteiger charge is 2.22. The molecule has 0 spiro atoms. The molecule has 0 bridgehead atoms. The Morgan fingerprint density at radius 2 is 2.28 bits per heavy atom. The van der Waals surface area contributed by atoms with Crippen molar-refractivity contribution in [3.05, 3.63) is 23.8 Å². The molecule has 1 saturated carbocycles. The fraction of sp³-hybridized carbons (Fsp3) is 0.533. The van der Waals surface area contributed by atoms with E-state index in [9.17, 15) is 5.26 Å². The molecular formula is C15H20N2S. The van der Waals surface area contributed by atoms with Gasteiger partial charge >= 0.3 is 0 Å². The van der Waals surface area contributed by atoms with E-state index in [0.29, 0.717) is 6.04 Å². The van der Waals surface area contributed by atoms with E-state index >= 15 is 0 Å². The molecule has 1 N–H and O–H groups in total. The highest BCUT2D eigenvalue weighted by atomic mass is 32.2. The van der Waals surface area contributed by atoms with Crippen molar-refractivity contribution >= 4 is 17.4 Å². The van der Waals surface area contributed by atoms with Crippen LogP contribution in [0.4, 0.5) is 5.69 Å². The van der Waals surface area contributed by atoms with Crippen LogP contribution in [0.3, 0.4) is 0 Å². The summed E-state index contributed by atoms with van der Waals surface area (Å²) in [6, 6.07) is 8.99. The van der Waals surface area contributed by atoms with Crippen molar-refractivity contribution in [2.75, 3.05) is 11.1 Å². The number of nitrogens with one attached hydrogen (secondary N) is 1. The second-order valence-electron chi connectivity index (χ2n) is 4.98. The van der Waals surface area contributed by atoms with E-state index in [4.69, 9.17) is 0 Å². The average Bonchev–Trinajstić information content (AvgIpc) is 2.76. The van der Waals surface area contributed by atoms with Crippen LogP contribution in [0.1, 0.15) is 38.7 Å². The number of nitriles is 1. The van der Waals surface area contributed by atoms with Crippen molar-refractivity contribution in [1.29, 1.82) is 5.26 Å². The van der Waals surface area contributed by atoms with Crippen LogP contribution >= 0.6 is 11.8 Å². The third-order valence-corrected chi connectivity index (χ3v) is 4.43. The van der Waals surface area contributed by atoms with Gasteiger partial charge in [-0.05, 0) is 43.1 Å². The van der Waals surface area contributed by atoms with E-state index in [1.165, 1.54) is 19.3 Å². The number of anilines is 1. The lowest BCUT2D eigenvalue weighted by Crippen LogP contribution is -2.16. The van der Waals surface area contributed by atoms with Gasteiger partial charge in [-0.2, -0.15) is 5.26 Å². The number of hydrogen-bond donors (Lipinski definition) is 1. The number of hydrogen-bond acceptors (Lipinski definition) is 3. The van der Waals surface area contributed by atoms with Gasteiger partial charge in [0, 0.05) is 10.9 Å². The quantitative estimate of drug-likeness (QED) is 0.821. The van der Waals surface area contributed by atoms with Crippen LogP contribution in [0.2, 0.25) is 0 Å². The van der Waals surface area contributed by atoms with E-state index in [1.807, 2.05) is 18.2 Å². The first-order valence-electron chi connectivity index (χ1n) is 6.67. The molecule has 96 valence electrons. The van der Waals surface area contributed by atoms with Crippen molar-refractivity contribution in [2.45, 2.75) is 44.0 Å². The molecule has 0 aliphatic heterocycles. The monoisotopic (exact) mass is 260 g/mol. The summed E-state index contributed by atoms with van der Waals surface area (Å²) in [5.74, 6) is 1.81. The van der Waals surface area contributed by atoms with Gasteiger partial charge in [0.2, 0.25) is 0 Å². The predicted molar refractivity (Wildman–Crippen MR) is 78.0 cm³/mol. The zero-order valence-corrected chi connectivity index (χ0v) is 11.9. The standard InChI is InChI=1S/C15H20N2S/c1-3-18-15-6-4-5-14(13(15)10-16)17-12-8-7-11(2)9-12/h4-6,11-12,17H,3,7-9H2,1-2H3. The highest BCUT2D eigenvalue weighted by molar-refractivity contribution is 7.99. The van der Waals surface area contributed by atoms with Gasteiger partial charge < -0.3 is 5.32 Å². The minimum absolute atomic E-state index is 0.536. The lowest BCUT2D eigenvalue weighted by molar-refractivity contribution is 0.602. The Kier molecular flexibility index (Phi) is 4.54. The molecule has 3 heteroatoms. The van der Waals surface area contributed by atoms with Crippen LogP contribution in [0, 0.1) is 17.2 Å². The largest absolute Gasteiger partial charge is 0.381 e. The zero-order valence-electron chi connectivity index (χ0n) is 11.1. The zero-order chi connectivity index (χ0) is 13.0. The van der Waals surface area contributed by atoms with Crippen molar-refractivity contribution in [3.8, 4) is 6.07 Å². The molecule has 0 radical (unpaired) electrons. The molecule has 1 aliphatic carbocycles. The minimum atomic E-state index is 0.536. The van der Waals surface area contributed by atoms with Gasteiger partial charge in [0.05, 0.1) is 11.3 Å². The maximum absolute atomic E-state index is 9.35. The van der Waals surface area contributed by atoms with E-state index < -0.39 is 0 Å². The molecule has 18 heavy (non-hydrogen) atoms. The summed E-state index contributed by atoms with van der Waals surface area (Å²) < 4.78 is 0. The summed E-state index contributed by atoms with van der Waals surface area (Å²) in [6.07, 6.45) is 3.73. The lowest BCUT2D eigenvalue weighted by atomic mass is 10.1. The predicted octanol–water partition coefficient (Wildman–Crippen LogP) is 4.27. The summed E-state index contributed by atoms with van der Waals surface area (Å²) in [6.45, 7) is 4.42. The Hall–Kier alpha value is -1.14. The van der Waals surface area contributed by atoms with Crippen LogP contribution in [0.25, 0.3) is 0 Å². The minimum Gasteiger partial charge on any atom is -0.381 e. The van der Waals surface area contributed by atoms with E-state index in [1.54, 1.807) is 11.8 Å². The Labute approximate surface area is 114 Å². The molecule has 2 rings (SSSR count). The Bertz CT molecular complexity index is 450. The smallest absolute Gasteiger partial charge is 0.102 e. The molecule has 0 saturated heterocycles. The summed E-state index contributed by atoms with van der Waals surface area (Å²) in [5, 5.41) is 12.9. The third-order valence-electron chi connectivity index (χ3n) is 3.49. The van der Waals surface area contributed by atoms with E-state index in [-0.39, 0.29) is 0 Å². The molecule has 2 atom stereocenters. The van der Waals surface area contributed by atoms with Gasteiger partial charge in [-0.3, -0.25) is 0 Å². The summed E-state index contributed by atoms with van der Waals surface area (Å²) in [7, 11) is 0. The first-order chi connectivity index (χ1) is 8.74. The van der Waals surface area contributed by atoms with Crippen LogP contribution in [0.15, 0.2) is 23.1 Å². The fourth-order valence-corrected chi connectivity index (χ4v) is 3.39. The van der Waals surface area contributed by atoms with Gasteiger partial charge in [0.1, 0.15) is 6.07 Å². The van der Waals surface area contributed by atoms with Crippen molar-refractivity contribution < 1.29 is 0 Å². The SMILES string of the molecule is CCSc1cccc(NC2CCC(C)C2)c1C#N. The second-order valence-corrected chi connectivity index (χ2v) is 6.29. The summed E-state index contributed by atoms with van der Waals surface area (Å²) in [4.78, 5) is 1.09. The molecule has 1 aliphatic rings. The molecule has 2 unspecified atom stereocenters. The average molecular weight is 260 g/mol. The fourth-order valence-electron chi connectivity index (χ4n) is 2.60. The highest BCUT2D eigenvalue weighted by Crippen LogP contribution is 2.32. The van der Waals surface area contributed by atoms with Gasteiger partial charge in [-0.25, -0.2) is 0 Å². The number of nitrogens with zero attached hydrogens (tertiary/aromatic N) is 1. The Balaban J connectivity index is 2.17. The van der Waals surface area contributed by atoms with Crippen LogP contribution in [0.5, 0.6) is 0 Å². The Morgan fingerprint density at radius 3 is 2.89 bits per heavy atom. The molecule has 0 heterocycles. The normalized spacial score (nSPS) is 22.7. The van der Waals surface area contributed by atoms with E-state index in [0.717, 1.165) is 27.8 Å². The van der Waals surface area contributed by atoms with Gasteiger partial charge in [0.25, 0.3) is 0 Å². The molecule has 1 aromatic rings. The van der Waals surface area contributed by atoms with Crippen LogP contribution in [-0.4, -0.2) is 11.8 Å². The van der Waals surface area contributed by atoms with Crippen molar-refractivity contribution in [2.24, 2.45) is 5.92 Å². The number of benzene rings is 1. The first kappa shape index (κ1) is 13.3. The molecular weight excluding hydrogens is 240 g/mol. The van der Waals surface area contributed by atoms with Crippen molar-refractivity contribution in [3.63, 3.8) is 0 Å². The molecule has 1 aromatic carbocycles. The molecule has 0 amide bonds. The maximum Gasteiger partial charge on any atom is 0.102 e. The number of thioether (sulfide) groups is 1. The van der Waals surface area contributed by atoms with E-state index in [2.05, 4.69) is 25.2 Å². The molecule has 1 fully saturated rings. The maximum atomic E-state index is 9.35. The third kappa shape index (κ3) is 3.00. The molecule has 0 aromatic heterocycles.